The van der Waals surface area contributed by atoms with Gasteiger partial charge in [-0.3, -0.25) is 10.00 Å². The third-order valence-electron chi connectivity index (χ3n) is 4.33. The van der Waals surface area contributed by atoms with Crippen molar-refractivity contribution in [3.8, 4) is 34.3 Å². The third-order valence-corrected chi connectivity index (χ3v) is 4.61. The number of aromatic nitrogens is 2. The summed E-state index contributed by atoms with van der Waals surface area (Å²) < 4.78 is 47.4. The molecule has 0 spiro atoms. The SMILES string of the molecule is Cn1ncc(Cl)c1-c1cc(NC(=O)Oc2ccc3c(c2)OC(F)(F)O3)ccc1OCCN. The lowest BCUT2D eigenvalue weighted by molar-refractivity contribution is -0.286. The zero-order chi connectivity index (χ0) is 22.9. The van der Waals surface area contributed by atoms with Gasteiger partial charge in [-0.25, -0.2) is 4.79 Å². The van der Waals surface area contributed by atoms with Crippen LogP contribution in [-0.4, -0.2) is 35.3 Å². The Balaban J connectivity index is 1.53. The van der Waals surface area contributed by atoms with Gasteiger partial charge >= 0.3 is 12.4 Å². The average molecular weight is 467 g/mol. The summed E-state index contributed by atoms with van der Waals surface area (Å²) in [7, 11) is 1.71. The maximum atomic E-state index is 13.1. The number of nitrogens with one attached hydrogen (secondary N) is 1. The normalized spacial score (nSPS) is 13.7. The van der Waals surface area contributed by atoms with Crippen LogP contribution in [0.5, 0.6) is 23.0 Å². The highest BCUT2D eigenvalue weighted by Crippen LogP contribution is 2.43. The highest BCUT2D eigenvalue weighted by atomic mass is 35.5. The number of fused-ring (bicyclic) bond motifs is 1. The van der Waals surface area contributed by atoms with E-state index in [0.29, 0.717) is 34.3 Å². The number of halogens is 3. The smallest absolute Gasteiger partial charge is 0.492 e. The number of anilines is 1. The maximum Gasteiger partial charge on any atom is 0.586 e. The second kappa shape index (κ2) is 8.52. The first kappa shape index (κ1) is 21.7. The van der Waals surface area contributed by atoms with Gasteiger partial charge in [0.15, 0.2) is 11.5 Å². The first-order valence-electron chi connectivity index (χ1n) is 9.29. The van der Waals surface area contributed by atoms with Gasteiger partial charge in [0.25, 0.3) is 0 Å². The van der Waals surface area contributed by atoms with Crippen LogP contribution >= 0.6 is 11.6 Å². The fourth-order valence-corrected chi connectivity index (χ4v) is 3.31. The van der Waals surface area contributed by atoms with E-state index in [2.05, 4.69) is 19.9 Å². The van der Waals surface area contributed by atoms with E-state index in [-0.39, 0.29) is 23.9 Å². The first-order valence-corrected chi connectivity index (χ1v) is 9.67. The van der Waals surface area contributed by atoms with Gasteiger partial charge < -0.3 is 24.7 Å². The van der Waals surface area contributed by atoms with Crippen LogP contribution in [-0.2, 0) is 7.05 Å². The quantitative estimate of drug-likeness (QED) is 0.564. The lowest BCUT2D eigenvalue weighted by atomic mass is 10.1. The van der Waals surface area contributed by atoms with E-state index in [0.717, 1.165) is 6.07 Å². The number of ether oxygens (including phenoxy) is 4. The summed E-state index contributed by atoms with van der Waals surface area (Å²) in [5, 5.41) is 7.07. The molecule has 1 amide bonds. The van der Waals surface area contributed by atoms with Gasteiger partial charge in [-0.1, -0.05) is 11.6 Å². The number of hydrogen-bond donors (Lipinski definition) is 2. The van der Waals surface area contributed by atoms with Crippen LogP contribution in [0.3, 0.4) is 0 Å². The number of nitrogens with zero attached hydrogens (tertiary/aromatic N) is 2. The molecule has 0 bridgehead atoms. The van der Waals surface area contributed by atoms with Crippen molar-refractivity contribution in [2.45, 2.75) is 6.29 Å². The molecule has 1 aliphatic rings. The van der Waals surface area contributed by atoms with Gasteiger partial charge in [-0.05, 0) is 30.3 Å². The Morgan fingerprint density at radius 3 is 2.75 bits per heavy atom. The Morgan fingerprint density at radius 1 is 1.25 bits per heavy atom. The molecule has 168 valence electrons. The van der Waals surface area contributed by atoms with Crippen molar-refractivity contribution >= 4 is 23.4 Å². The molecule has 3 aromatic rings. The Labute approximate surface area is 185 Å². The van der Waals surface area contributed by atoms with Crippen molar-refractivity contribution in [2.75, 3.05) is 18.5 Å². The van der Waals surface area contributed by atoms with E-state index in [4.69, 9.17) is 26.8 Å². The van der Waals surface area contributed by atoms with Crippen LogP contribution in [0.4, 0.5) is 19.3 Å². The number of alkyl halides is 2. The molecule has 0 fully saturated rings. The summed E-state index contributed by atoms with van der Waals surface area (Å²) in [6.07, 6.45) is -3.13. The van der Waals surface area contributed by atoms with Crippen LogP contribution in [0.2, 0.25) is 5.02 Å². The van der Waals surface area contributed by atoms with Crippen molar-refractivity contribution in [3.63, 3.8) is 0 Å². The molecule has 9 nitrogen and oxygen atoms in total. The second-order valence-electron chi connectivity index (χ2n) is 6.60. The van der Waals surface area contributed by atoms with Crippen LogP contribution in [0.15, 0.2) is 42.6 Å². The number of aryl methyl sites for hydroxylation is 1. The number of benzene rings is 2. The van der Waals surface area contributed by atoms with Crippen molar-refractivity contribution in [2.24, 2.45) is 12.8 Å². The van der Waals surface area contributed by atoms with Crippen molar-refractivity contribution in [3.05, 3.63) is 47.6 Å². The molecule has 2 aromatic carbocycles. The summed E-state index contributed by atoms with van der Waals surface area (Å²) in [4.78, 5) is 12.4. The van der Waals surface area contributed by atoms with E-state index in [1.54, 1.807) is 29.9 Å². The van der Waals surface area contributed by atoms with Crippen LogP contribution in [0.1, 0.15) is 0 Å². The van der Waals surface area contributed by atoms with Gasteiger partial charge in [0.05, 0.1) is 16.9 Å². The fraction of sp³-hybridized carbons (Fsp3) is 0.200. The Bertz CT molecular complexity index is 1150. The number of amides is 1. The van der Waals surface area contributed by atoms with E-state index in [1.807, 2.05) is 0 Å². The lowest BCUT2D eigenvalue weighted by Gasteiger charge is -2.14. The highest BCUT2D eigenvalue weighted by molar-refractivity contribution is 6.33. The van der Waals surface area contributed by atoms with E-state index in [1.165, 1.54) is 18.3 Å². The molecule has 3 N–H and O–H groups in total. The molecule has 0 unspecified atom stereocenters. The second-order valence-corrected chi connectivity index (χ2v) is 7.01. The highest BCUT2D eigenvalue weighted by Gasteiger charge is 2.43. The van der Waals surface area contributed by atoms with Gasteiger partial charge in [0.1, 0.15) is 18.1 Å². The van der Waals surface area contributed by atoms with Crippen LogP contribution < -0.4 is 30.0 Å². The maximum absolute atomic E-state index is 13.1. The minimum atomic E-state index is -3.76. The van der Waals surface area contributed by atoms with Crippen molar-refractivity contribution < 1.29 is 32.5 Å². The number of carbonyl (C=O) groups excluding carboxylic acids is 1. The molecule has 4 rings (SSSR count). The third kappa shape index (κ3) is 4.53. The molecule has 0 atom stereocenters. The zero-order valence-corrected chi connectivity index (χ0v) is 17.4. The molecule has 0 aliphatic carbocycles. The van der Waals surface area contributed by atoms with Gasteiger partial charge in [-0.15, -0.1) is 8.78 Å². The predicted octanol–water partition coefficient (Wildman–Crippen LogP) is 4.01. The monoisotopic (exact) mass is 466 g/mol. The molecule has 0 radical (unpaired) electrons. The molecule has 1 aliphatic heterocycles. The summed E-state index contributed by atoms with van der Waals surface area (Å²) >= 11 is 6.27. The predicted molar refractivity (Wildman–Crippen MR) is 110 cm³/mol. The average Bonchev–Trinajstić information content (AvgIpc) is 3.22. The molecule has 32 heavy (non-hydrogen) atoms. The number of hydrogen-bond acceptors (Lipinski definition) is 7. The molecule has 2 heterocycles. The summed E-state index contributed by atoms with van der Waals surface area (Å²) in [6.45, 7) is 0.590. The molecule has 1 aromatic heterocycles. The minimum absolute atomic E-state index is 0.0136. The zero-order valence-electron chi connectivity index (χ0n) is 16.6. The Kier molecular flexibility index (Phi) is 5.76. The van der Waals surface area contributed by atoms with Crippen molar-refractivity contribution in [1.82, 2.24) is 9.78 Å². The molecular weight excluding hydrogens is 450 g/mol. The lowest BCUT2D eigenvalue weighted by Crippen LogP contribution is -2.25. The minimum Gasteiger partial charge on any atom is -0.492 e. The topological polar surface area (TPSA) is 110 Å². The number of carbonyl (C=O) groups is 1. The van der Waals surface area contributed by atoms with Crippen LogP contribution in [0, 0.1) is 0 Å². The Hall–Kier alpha value is -3.57. The molecular formula is C20H17ClF2N4O5. The van der Waals surface area contributed by atoms with Gasteiger partial charge in [0, 0.05) is 30.9 Å². The van der Waals surface area contributed by atoms with E-state index < -0.39 is 12.4 Å². The van der Waals surface area contributed by atoms with Crippen molar-refractivity contribution in [1.29, 1.82) is 0 Å². The summed E-state index contributed by atoms with van der Waals surface area (Å²) in [5.74, 6) is 0.0836. The fourth-order valence-electron chi connectivity index (χ4n) is 3.04. The molecule has 0 saturated heterocycles. The molecule has 12 heteroatoms. The largest absolute Gasteiger partial charge is 0.586 e. The van der Waals surface area contributed by atoms with E-state index in [9.17, 15) is 13.6 Å². The van der Waals surface area contributed by atoms with E-state index >= 15 is 0 Å². The molecule has 0 saturated carbocycles. The summed E-state index contributed by atoms with van der Waals surface area (Å²) in [6, 6.07) is 8.52. The van der Waals surface area contributed by atoms with Crippen LogP contribution in [0.25, 0.3) is 11.3 Å². The standard InChI is InChI=1S/C20H17ClF2N4O5/c1-27-18(14(21)10-25-27)13-8-11(2-4-15(13)29-7-6-24)26-19(28)30-12-3-5-16-17(9-12)32-20(22,23)31-16/h2-5,8-10H,6-7,24H2,1H3,(H,26,28). The van der Waals surface area contributed by atoms with Gasteiger partial charge in [0.2, 0.25) is 0 Å². The summed E-state index contributed by atoms with van der Waals surface area (Å²) in [5.41, 5.74) is 7.04. The Morgan fingerprint density at radius 2 is 2.03 bits per heavy atom. The first-order chi connectivity index (χ1) is 15.3. The van der Waals surface area contributed by atoms with Gasteiger partial charge in [-0.2, -0.15) is 5.10 Å². The number of rotatable bonds is 6. The number of nitrogens with two attached hydrogens (primary N) is 1.